The zero-order valence-electron chi connectivity index (χ0n) is 12.8. The SMILES string of the molecule is C[C@H](Sc1ccc2c(c1)OCCO2)C(=O)Nc1cccc(Cl)c1Cl. The Kier molecular flexibility index (Phi) is 5.43. The van der Waals surface area contributed by atoms with Gasteiger partial charge in [-0.25, -0.2) is 0 Å². The van der Waals surface area contributed by atoms with Crippen molar-refractivity contribution in [1.29, 1.82) is 0 Å². The number of anilines is 1. The van der Waals surface area contributed by atoms with Crippen LogP contribution in [-0.2, 0) is 4.79 Å². The largest absolute Gasteiger partial charge is 0.486 e. The first-order valence-corrected chi connectivity index (χ1v) is 8.99. The van der Waals surface area contributed by atoms with Crippen molar-refractivity contribution in [3.8, 4) is 11.5 Å². The number of nitrogens with one attached hydrogen (secondary N) is 1. The van der Waals surface area contributed by atoms with Crippen LogP contribution in [0.5, 0.6) is 11.5 Å². The summed E-state index contributed by atoms with van der Waals surface area (Å²) in [7, 11) is 0. The molecule has 0 unspecified atom stereocenters. The van der Waals surface area contributed by atoms with E-state index in [1.54, 1.807) is 18.2 Å². The van der Waals surface area contributed by atoms with E-state index in [1.807, 2.05) is 25.1 Å². The van der Waals surface area contributed by atoms with E-state index in [1.165, 1.54) is 11.8 Å². The number of fused-ring (bicyclic) bond motifs is 1. The Morgan fingerprint density at radius 2 is 1.92 bits per heavy atom. The van der Waals surface area contributed by atoms with E-state index in [0.717, 1.165) is 10.6 Å². The summed E-state index contributed by atoms with van der Waals surface area (Å²) in [5.41, 5.74) is 0.504. The van der Waals surface area contributed by atoms with E-state index in [4.69, 9.17) is 32.7 Å². The molecule has 0 bridgehead atoms. The van der Waals surface area contributed by atoms with Gasteiger partial charge in [-0.3, -0.25) is 4.79 Å². The number of halogens is 2. The van der Waals surface area contributed by atoms with Crippen LogP contribution < -0.4 is 14.8 Å². The molecule has 4 nitrogen and oxygen atoms in total. The molecule has 24 heavy (non-hydrogen) atoms. The molecule has 0 aliphatic carbocycles. The smallest absolute Gasteiger partial charge is 0.237 e. The number of carbonyl (C=O) groups is 1. The maximum absolute atomic E-state index is 12.4. The molecule has 0 spiro atoms. The Morgan fingerprint density at radius 1 is 1.17 bits per heavy atom. The Hall–Kier alpha value is -1.56. The van der Waals surface area contributed by atoms with Crippen molar-refractivity contribution in [3.05, 3.63) is 46.4 Å². The Labute approximate surface area is 154 Å². The first-order chi connectivity index (χ1) is 11.5. The summed E-state index contributed by atoms with van der Waals surface area (Å²) in [6.45, 7) is 2.92. The number of amides is 1. The molecular formula is C17H15Cl2NO3S. The number of hydrogen-bond acceptors (Lipinski definition) is 4. The van der Waals surface area contributed by atoms with E-state index in [-0.39, 0.29) is 11.2 Å². The predicted octanol–water partition coefficient (Wildman–Crippen LogP) is 4.88. The van der Waals surface area contributed by atoms with E-state index < -0.39 is 0 Å². The quantitative estimate of drug-likeness (QED) is 0.763. The molecule has 0 aromatic heterocycles. The molecule has 7 heteroatoms. The standard InChI is InChI=1S/C17H15Cl2NO3S/c1-10(17(21)20-13-4-2-3-12(18)16(13)19)24-11-5-6-14-15(9-11)23-8-7-22-14/h2-6,9-10H,7-8H2,1H3,(H,20,21)/t10-/m0/s1. The van der Waals surface area contributed by atoms with Crippen LogP contribution in [0.2, 0.25) is 10.0 Å². The van der Waals surface area contributed by atoms with Gasteiger partial charge in [0.1, 0.15) is 13.2 Å². The van der Waals surface area contributed by atoms with Crippen molar-refractivity contribution in [2.75, 3.05) is 18.5 Å². The fraction of sp³-hybridized carbons (Fsp3) is 0.235. The van der Waals surface area contributed by atoms with Gasteiger partial charge in [-0.2, -0.15) is 0 Å². The molecule has 0 radical (unpaired) electrons. The average molecular weight is 384 g/mol. The molecule has 1 aliphatic heterocycles. The molecule has 1 atom stereocenters. The highest BCUT2D eigenvalue weighted by atomic mass is 35.5. The van der Waals surface area contributed by atoms with Crippen molar-refractivity contribution >= 4 is 46.6 Å². The van der Waals surface area contributed by atoms with Gasteiger partial charge in [-0.15, -0.1) is 11.8 Å². The fourth-order valence-corrected chi connectivity index (χ4v) is 3.43. The van der Waals surface area contributed by atoms with Gasteiger partial charge in [0.15, 0.2) is 11.5 Å². The monoisotopic (exact) mass is 383 g/mol. The van der Waals surface area contributed by atoms with E-state index in [9.17, 15) is 4.79 Å². The lowest BCUT2D eigenvalue weighted by atomic mass is 10.3. The van der Waals surface area contributed by atoms with Crippen LogP contribution in [0.1, 0.15) is 6.92 Å². The summed E-state index contributed by atoms with van der Waals surface area (Å²) in [5.74, 6) is 1.28. The molecule has 0 fully saturated rings. The third kappa shape index (κ3) is 3.91. The van der Waals surface area contributed by atoms with Gasteiger partial charge in [0, 0.05) is 4.90 Å². The van der Waals surface area contributed by atoms with Crippen LogP contribution in [0, 0.1) is 0 Å². The zero-order chi connectivity index (χ0) is 17.1. The molecule has 0 saturated heterocycles. The van der Waals surface area contributed by atoms with Crippen LogP contribution in [0.15, 0.2) is 41.3 Å². The molecule has 3 rings (SSSR count). The Balaban J connectivity index is 1.67. The van der Waals surface area contributed by atoms with Crippen LogP contribution in [0.25, 0.3) is 0 Å². The zero-order valence-corrected chi connectivity index (χ0v) is 15.2. The summed E-state index contributed by atoms with van der Waals surface area (Å²) in [6.07, 6.45) is 0. The molecule has 2 aromatic carbocycles. The highest BCUT2D eigenvalue weighted by Crippen LogP contribution is 2.36. The van der Waals surface area contributed by atoms with Gasteiger partial charge < -0.3 is 14.8 Å². The van der Waals surface area contributed by atoms with E-state index in [0.29, 0.717) is 34.7 Å². The average Bonchev–Trinajstić information content (AvgIpc) is 2.58. The molecule has 0 saturated carbocycles. The van der Waals surface area contributed by atoms with Gasteiger partial charge in [0.05, 0.1) is 21.0 Å². The maximum atomic E-state index is 12.4. The van der Waals surface area contributed by atoms with Gasteiger partial charge >= 0.3 is 0 Å². The number of hydrogen-bond donors (Lipinski definition) is 1. The van der Waals surface area contributed by atoms with Crippen molar-refractivity contribution in [2.24, 2.45) is 0 Å². The third-order valence-electron chi connectivity index (χ3n) is 3.41. The molecule has 1 heterocycles. The second-order valence-electron chi connectivity index (χ2n) is 5.16. The lowest BCUT2D eigenvalue weighted by Crippen LogP contribution is -2.22. The third-order valence-corrected chi connectivity index (χ3v) is 5.32. The van der Waals surface area contributed by atoms with Gasteiger partial charge in [0.2, 0.25) is 5.91 Å². The second kappa shape index (κ2) is 7.55. The number of rotatable bonds is 4. The van der Waals surface area contributed by atoms with Crippen molar-refractivity contribution in [2.45, 2.75) is 17.1 Å². The maximum Gasteiger partial charge on any atom is 0.237 e. The Bertz CT molecular complexity index is 769. The Morgan fingerprint density at radius 3 is 2.71 bits per heavy atom. The van der Waals surface area contributed by atoms with E-state index in [2.05, 4.69) is 5.32 Å². The molecule has 1 aliphatic rings. The fourth-order valence-electron chi connectivity index (χ4n) is 2.19. The summed E-state index contributed by atoms with van der Waals surface area (Å²) < 4.78 is 11.1. The van der Waals surface area contributed by atoms with Gasteiger partial charge in [-0.1, -0.05) is 29.3 Å². The van der Waals surface area contributed by atoms with Crippen LogP contribution in [-0.4, -0.2) is 24.4 Å². The molecular weight excluding hydrogens is 369 g/mol. The number of carbonyl (C=O) groups excluding carboxylic acids is 1. The number of ether oxygens (including phenoxy) is 2. The summed E-state index contributed by atoms with van der Waals surface area (Å²) in [6, 6.07) is 10.8. The lowest BCUT2D eigenvalue weighted by Gasteiger charge is -2.19. The highest BCUT2D eigenvalue weighted by molar-refractivity contribution is 8.00. The number of thioether (sulfide) groups is 1. The minimum absolute atomic E-state index is 0.154. The minimum Gasteiger partial charge on any atom is -0.486 e. The predicted molar refractivity (Wildman–Crippen MR) is 97.8 cm³/mol. The van der Waals surface area contributed by atoms with Crippen molar-refractivity contribution in [3.63, 3.8) is 0 Å². The first kappa shape index (κ1) is 17.3. The normalized spacial score (nSPS) is 14.1. The molecule has 1 N–H and O–H groups in total. The summed E-state index contributed by atoms with van der Waals surface area (Å²) in [5, 5.41) is 3.23. The molecule has 126 valence electrons. The van der Waals surface area contributed by atoms with Crippen LogP contribution >= 0.6 is 35.0 Å². The second-order valence-corrected chi connectivity index (χ2v) is 7.36. The van der Waals surface area contributed by atoms with Crippen LogP contribution in [0.3, 0.4) is 0 Å². The van der Waals surface area contributed by atoms with Crippen LogP contribution in [0.4, 0.5) is 5.69 Å². The topological polar surface area (TPSA) is 47.6 Å². The lowest BCUT2D eigenvalue weighted by molar-refractivity contribution is -0.115. The van der Waals surface area contributed by atoms with E-state index >= 15 is 0 Å². The van der Waals surface area contributed by atoms with Gasteiger partial charge in [0.25, 0.3) is 0 Å². The van der Waals surface area contributed by atoms with Crippen molar-refractivity contribution in [1.82, 2.24) is 0 Å². The molecule has 2 aromatic rings. The number of benzene rings is 2. The molecule has 1 amide bonds. The minimum atomic E-state index is -0.317. The van der Waals surface area contributed by atoms with Crippen molar-refractivity contribution < 1.29 is 14.3 Å². The summed E-state index contributed by atoms with van der Waals surface area (Å²) in [4.78, 5) is 13.3. The first-order valence-electron chi connectivity index (χ1n) is 7.36. The highest BCUT2D eigenvalue weighted by Gasteiger charge is 2.18. The van der Waals surface area contributed by atoms with Gasteiger partial charge in [-0.05, 0) is 37.3 Å². The summed E-state index contributed by atoms with van der Waals surface area (Å²) >= 11 is 13.5.